The van der Waals surface area contributed by atoms with Gasteiger partial charge >= 0.3 is 5.97 Å². The zero-order valence-electron chi connectivity index (χ0n) is 12.4. The van der Waals surface area contributed by atoms with Crippen LogP contribution in [0, 0.1) is 12.8 Å². The Morgan fingerprint density at radius 3 is 2.75 bits per heavy atom. The summed E-state index contributed by atoms with van der Waals surface area (Å²) in [6.45, 7) is 6.13. The molecule has 0 bridgehead atoms. The summed E-state index contributed by atoms with van der Waals surface area (Å²) in [7, 11) is 1.40. The Bertz CT molecular complexity index is 631. The summed E-state index contributed by atoms with van der Waals surface area (Å²) >= 11 is 0. The third-order valence-corrected chi connectivity index (χ3v) is 3.35. The predicted molar refractivity (Wildman–Crippen MR) is 79.4 cm³/mol. The first kappa shape index (κ1) is 14.4. The number of carbonyl (C=O) groups is 1. The van der Waals surface area contributed by atoms with Crippen molar-refractivity contribution in [1.29, 1.82) is 0 Å². The molecule has 108 valence electrons. The van der Waals surface area contributed by atoms with E-state index in [-0.39, 0.29) is 5.97 Å². The molecule has 2 rings (SSSR count). The molecule has 0 radical (unpaired) electrons. The van der Waals surface area contributed by atoms with E-state index in [1.54, 1.807) is 4.57 Å². The molecule has 5 heteroatoms. The fraction of sp³-hybridized carbons (Fsp3) is 0.467. The van der Waals surface area contributed by atoms with Crippen LogP contribution in [0.3, 0.4) is 0 Å². The average molecular weight is 275 g/mol. The van der Waals surface area contributed by atoms with Crippen LogP contribution in [-0.4, -0.2) is 22.6 Å². The Labute approximate surface area is 118 Å². The number of nitrogens with zero attached hydrogens (tertiary/aromatic N) is 2. The Morgan fingerprint density at radius 1 is 1.45 bits per heavy atom. The maximum absolute atomic E-state index is 12.1. The van der Waals surface area contributed by atoms with E-state index in [0.29, 0.717) is 18.3 Å². The monoisotopic (exact) mass is 275 g/mol. The number of hydrogen-bond acceptors (Lipinski definition) is 4. The molecule has 0 amide bonds. The number of nitrogen functional groups attached to an aromatic ring is 1. The van der Waals surface area contributed by atoms with E-state index in [4.69, 9.17) is 10.5 Å². The second kappa shape index (κ2) is 5.53. The Morgan fingerprint density at radius 2 is 2.15 bits per heavy atom. The van der Waals surface area contributed by atoms with E-state index in [1.165, 1.54) is 7.11 Å². The normalized spacial score (nSPS) is 12.8. The van der Waals surface area contributed by atoms with Crippen molar-refractivity contribution in [2.45, 2.75) is 33.2 Å². The van der Waals surface area contributed by atoms with Crippen LogP contribution in [0.5, 0.6) is 0 Å². The number of carbonyl (C=O) groups excluding carboxylic acids is 1. The summed E-state index contributed by atoms with van der Waals surface area (Å²) in [6.07, 6.45) is 0.663. The first-order chi connectivity index (χ1) is 9.43. The summed E-state index contributed by atoms with van der Waals surface area (Å²) in [5.41, 5.74) is 8.80. The molecule has 1 atom stereocenters. The third kappa shape index (κ3) is 2.61. The Hall–Kier alpha value is -2.04. The van der Waals surface area contributed by atoms with Crippen molar-refractivity contribution >= 4 is 23.0 Å². The first-order valence-corrected chi connectivity index (χ1v) is 6.76. The minimum Gasteiger partial charge on any atom is -0.467 e. The highest BCUT2D eigenvalue weighted by Crippen LogP contribution is 2.28. The molecule has 1 aromatic carbocycles. The number of nitrogens with two attached hydrogens (primary N) is 1. The molecular weight excluding hydrogens is 254 g/mol. The van der Waals surface area contributed by atoms with Crippen molar-refractivity contribution in [3.63, 3.8) is 0 Å². The molecule has 2 N–H and O–H groups in total. The fourth-order valence-corrected chi connectivity index (χ4v) is 2.44. The molecule has 0 aliphatic heterocycles. The molecule has 0 spiro atoms. The summed E-state index contributed by atoms with van der Waals surface area (Å²) in [5.74, 6) is 0.410. The SMILES string of the molecule is COC(=O)C(CC(C)C)n1c(N)nc2cc(C)ccc21. The number of aromatic nitrogens is 2. The van der Waals surface area contributed by atoms with Crippen molar-refractivity contribution in [1.82, 2.24) is 9.55 Å². The van der Waals surface area contributed by atoms with Crippen LogP contribution >= 0.6 is 0 Å². The van der Waals surface area contributed by atoms with Crippen LogP contribution in [0.25, 0.3) is 11.0 Å². The molecular formula is C15H21N3O2. The predicted octanol–water partition coefficient (Wildman–Crippen LogP) is 2.69. The molecule has 0 aliphatic carbocycles. The molecule has 0 fully saturated rings. The van der Waals surface area contributed by atoms with Gasteiger partial charge in [0.25, 0.3) is 0 Å². The average Bonchev–Trinajstić information content (AvgIpc) is 2.69. The van der Waals surface area contributed by atoms with Crippen LogP contribution in [0.2, 0.25) is 0 Å². The summed E-state index contributed by atoms with van der Waals surface area (Å²) in [4.78, 5) is 16.4. The molecule has 0 saturated carbocycles. The highest BCUT2D eigenvalue weighted by atomic mass is 16.5. The maximum atomic E-state index is 12.1. The highest BCUT2D eigenvalue weighted by molar-refractivity contribution is 5.83. The van der Waals surface area contributed by atoms with Gasteiger partial charge in [0.15, 0.2) is 0 Å². The van der Waals surface area contributed by atoms with Gasteiger partial charge < -0.3 is 10.5 Å². The third-order valence-electron chi connectivity index (χ3n) is 3.35. The smallest absolute Gasteiger partial charge is 0.328 e. The second-order valence-electron chi connectivity index (χ2n) is 5.50. The summed E-state index contributed by atoms with van der Waals surface area (Å²) in [6, 6.07) is 5.47. The number of hydrogen-bond donors (Lipinski definition) is 1. The van der Waals surface area contributed by atoms with Crippen molar-refractivity contribution in [2.75, 3.05) is 12.8 Å². The zero-order chi connectivity index (χ0) is 14.9. The Balaban J connectivity index is 2.57. The van der Waals surface area contributed by atoms with Gasteiger partial charge in [-0.25, -0.2) is 9.78 Å². The lowest BCUT2D eigenvalue weighted by atomic mass is 10.0. The number of rotatable bonds is 4. The fourth-order valence-electron chi connectivity index (χ4n) is 2.44. The molecule has 0 aliphatic rings. The first-order valence-electron chi connectivity index (χ1n) is 6.76. The number of anilines is 1. The number of benzene rings is 1. The topological polar surface area (TPSA) is 70.1 Å². The summed E-state index contributed by atoms with van der Waals surface area (Å²) in [5, 5.41) is 0. The number of imidazole rings is 1. The van der Waals surface area contributed by atoms with E-state index in [9.17, 15) is 4.79 Å². The second-order valence-corrected chi connectivity index (χ2v) is 5.50. The van der Waals surface area contributed by atoms with E-state index >= 15 is 0 Å². The quantitative estimate of drug-likeness (QED) is 0.871. The lowest BCUT2D eigenvalue weighted by Gasteiger charge is -2.20. The van der Waals surface area contributed by atoms with Crippen molar-refractivity contribution in [3.8, 4) is 0 Å². The maximum Gasteiger partial charge on any atom is 0.328 e. The molecule has 1 unspecified atom stereocenters. The molecule has 1 aromatic heterocycles. The number of aryl methyl sites for hydroxylation is 1. The minimum atomic E-state index is -0.437. The van der Waals surface area contributed by atoms with Crippen LogP contribution in [0.4, 0.5) is 5.95 Å². The van der Waals surface area contributed by atoms with Crippen LogP contribution < -0.4 is 5.73 Å². The molecule has 20 heavy (non-hydrogen) atoms. The van der Waals surface area contributed by atoms with Gasteiger partial charge in [-0.1, -0.05) is 19.9 Å². The molecule has 5 nitrogen and oxygen atoms in total. The number of ether oxygens (including phenoxy) is 1. The molecule has 1 heterocycles. The van der Waals surface area contributed by atoms with E-state index in [0.717, 1.165) is 16.6 Å². The molecule has 2 aromatic rings. The van der Waals surface area contributed by atoms with Gasteiger partial charge in [0, 0.05) is 0 Å². The van der Waals surface area contributed by atoms with Gasteiger partial charge in [-0.2, -0.15) is 0 Å². The van der Waals surface area contributed by atoms with Gasteiger partial charge in [-0.15, -0.1) is 0 Å². The highest BCUT2D eigenvalue weighted by Gasteiger charge is 2.26. The van der Waals surface area contributed by atoms with Gasteiger partial charge in [0.05, 0.1) is 18.1 Å². The largest absolute Gasteiger partial charge is 0.467 e. The van der Waals surface area contributed by atoms with E-state index in [1.807, 2.05) is 25.1 Å². The summed E-state index contributed by atoms with van der Waals surface area (Å²) < 4.78 is 6.70. The van der Waals surface area contributed by atoms with Gasteiger partial charge in [-0.3, -0.25) is 4.57 Å². The Kier molecular flexibility index (Phi) is 3.97. The van der Waals surface area contributed by atoms with E-state index < -0.39 is 6.04 Å². The number of esters is 1. The lowest BCUT2D eigenvalue weighted by Crippen LogP contribution is -2.23. The zero-order valence-corrected chi connectivity index (χ0v) is 12.4. The van der Waals surface area contributed by atoms with Gasteiger partial charge in [-0.05, 0) is 37.0 Å². The van der Waals surface area contributed by atoms with Crippen molar-refractivity contribution < 1.29 is 9.53 Å². The van der Waals surface area contributed by atoms with Crippen LogP contribution in [-0.2, 0) is 9.53 Å². The lowest BCUT2D eigenvalue weighted by molar-refractivity contribution is -0.145. The van der Waals surface area contributed by atoms with Crippen molar-refractivity contribution in [3.05, 3.63) is 23.8 Å². The molecule has 0 saturated heterocycles. The minimum absolute atomic E-state index is 0.287. The number of methoxy groups -OCH3 is 1. The van der Waals surface area contributed by atoms with Crippen LogP contribution in [0.1, 0.15) is 31.9 Å². The standard InChI is InChI=1S/C15H21N3O2/c1-9(2)7-13(14(19)20-4)18-12-6-5-10(3)8-11(12)17-15(18)16/h5-6,8-9,13H,7H2,1-4H3,(H2,16,17). The van der Waals surface area contributed by atoms with Crippen LogP contribution in [0.15, 0.2) is 18.2 Å². The number of fused-ring (bicyclic) bond motifs is 1. The van der Waals surface area contributed by atoms with Gasteiger partial charge in [0.1, 0.15) is 6.04 Å². The van der Waals surface area contributed by atoms with Gasteiger partial charge in [0.2, 0.25) is 5.95 Å². The van der Waals surface area contributed by atoms with Crippen molar-refractivity contribution in [2.24, 2.45) is 5.92 Å². The van der Waals surface area contributed by atoms with E-state index in [2.05, 4.69) is 18.8 Å².